The van der Waals surface area contributed by atoms with Crippen LogP contribution >= 0.6 is 0 Å². The molecule has 6 N–H and O–H groups in total. The van der Waals surface area contributed by atoms with Crippen molar-refractivity contribution >= 4 is 36.1 Å². The maximum absolute atomic E-state index is 13.7. The van der Waals surface area contributed by atoms with Crippen molar-refractivity contribution in [3.05, 3.63) is 137 Å². The van der Waals surface area contributed by atoms with Gasteiger partial charge in [0, 0.05) is 13.0 Å². The van der Waals surface area contributed by atoms with Crippen molar-refractivity contribution in [1.82, 2.24) is 26.6 Å². The van der Waals surface area contributed by atoms with Gasteiger partial charge in [0.1, 0.15) is 36.6 Å². The summed E-state index contributed by atoms with van der Waals surface area (Å²) >= 11 is 0. The molecule has 0 spiro atoms. The van der Waals surface area contributed by atoms with E-state index in [1.54, 1.807) is 95.3 Å². The first-order chi connectivity index (χ1) is 28.5. The number of phenols is 1. The standard InChI is InChI=1S/C45H54N6O9/c1-29-22-36(52)23-30(2)37(29)25-38(49-44(57)60-45(4,5)6)40(54)47-31(3)39(53)46-26-35(24-32-16-10-7-11-17-32)48-41(50-42(55)58-27-33-18-12-8-13-19-33)51-43(56)59-28-34-20-14-9-15-21-34/h7-23,31,35,38,52H,24-28H2,1-6H3,(H,46,53)(H,47,54)(H,49,57)(H2,48,50,51,55,56). The van der Waals surface area contributed by atoms with Gasteiger partial charge in [-0.15, -0.1) is 0 Å². The molecule has 0 aliphatic rings. The van der Waals surface area contributed by atoms with Crippen molar-refractivity contribution in [3.8, 4) is 5.75 Å². The van der Waals surface area contributed by atoms with Gasteiger partial charge in [0.05, 0.1) is 6.04 Å². The highest BCUT2D eigenvalue weighted by molar-refractivity contribution is 6.01. The van der Waals surface area contributed by atoms with Crippen LogP contribution in [0.2, 0.25) is 0 Å². The molecule has 318 valence electrons. The second kappa shape index (κ2) is 22.3. The van der Waals surface area contributed by atoms with E-state index in [-0.39, 0.29) is 44.3 Å². The smallest absolute Gasteiger partial charge is 0.414 e. The van der Waals surface area contributed by atoms with Gasteiger partial charge in [0.25, 0.3) is 0 Å². The molecule has 3 atom stereocenters. The van der Waals surface area contributed by atoms with Crippen LogP contribution in [0, 0.1) is 13.8 Å². The second-order valence-electron chi connectivity index (χ2n) is 15.1. The van der Waals surface area contributed by atoms with Crippen molar-refractivity contribution in [2.24, 2.45) is 4.99 Å². The topological polar surface area (TPSA) is 206 Å². The van der Waals surface area contributed by atoms with Gasteiger partial charge >= 0.3 is 18.3 Å². The maximum Gasteiger partial charge on any atom is 0.414 e. The molecule has 4 rings (SSSR count). The first-order valence-electron chi connectivity index (χ1n) is 19.5. The van der Waals surface area contributed by atoms with Gasteiger partial charge < -0.3 is 35.3 Å². The highest BCUT2D eigenvalue weighted by Gasteiger charge is 2.28. The zero-order chi connectivity index (χ0) is 43.7. The Balaban J connectivity index is 1.51. The number of ether oxygens (including phenoxy) is 3. The number of aromatic hydroxyl groups is 1. The monoisotopic (exact) mass is 822 g/mol. The average Bonchev–Trinajstić information content (AvgIpc) is 3.19. The van der Waals surface area contributed by atoms with E-state index in [1.807, 2.05) is 42.5 Å². The number of hydrogen-bond acceptors (Lipinski definition) is 10. The predicted molar refractivity (Wildman–Crippen MR) is 226 cm³/mol. The van der Waals surface area contributed by atoms with Crippen LogP contribution in [-0.4, -0.2) is 71.4 Å². The van der Waals surface area contributed by atoms with Gasteiger partial charge in [0.15, 0.2) is 0 Å². The summed E-state index contributed by atoms with van der Waals surface area (Å²) in [7, 11) is 0. The summed E-state index contributed by atoms with van der Waals surface area (Å²) in [4.78, 5) is 70.7. The van der Waals surface area contributed by atoms with E-state index in [0.29, 0.717) is 11.1 Å². The first kappa shape index (κ1) is 45.8. The van der Waals surface area contributed by atoms with Gasteiger partial charge in [-0.1, -0.05) is 91.0 Å². The third-order valence-electron chi connectivity index (χ3n) is 8.85. The summed E-state index contributed by atoms with van der Waals surface area (Å²) in [5.74, 6) is -1.43. The number of nitrogens with zero attached hydrogens (tertiary/aromatic N) is 1. The van der Waals surface area contributed by atoms with Crippen molar-refractivity contribution in [3.63, 3.8) is 0 Å². The number of phenolic OH excluding ortho intramolecular Hbond substituents is 1. The molecule has 0 saturated carbocycles. The molecule has 0 heterocycles. The quantitative estimate of drug-likeness (QED) is 0.0480. The number of guanidine groups is 1. The summed E-state index contributed by atoms with van der Waals surface area (Å²) in [5, 5.41) is 23.2. The Hall–Kier alpha value is -6.90. The predicted octanol–water partition coefficient (Wildman–Crippen LogP) is 5.89. The third kappa shape index (κ3) is 16.2. The van der Waals surface area contributed by atoms with Crippen molar-refractivity contribution < 1.29 is 43.3 Å². The van der Waals surface area contributed by atoms with E-state index in [9.17, 15) is 29.1 Å². The largest absolute Gasteiger partial charge is 0.508 e. The number of carbonyl (C=O) groups excluding carboxylic acids is 5. The molecule has 0 saturated heterocycles. The summed E-state index contributed by atoms with van der Waals surface area (Å²) in [6.07, 6.45) is -2.30. The molecule has 0 bridgehead atoms. The van der Waals surface area contributed by atoms with E-state index < -0.39 is 53.8 Å². The van der Waals surface area contributed by atoms with Gasteiger partial charge in [-0.05, 0) is 93.5 Å². The van der Waals surface area contributed by atoms with Crippen LogP contribution < -0.4 is 26.6 Å². The number of nitrogens with one attached hydrogen (secondary N) is 5. The van der Waals surface area contributed by atoms with E-state index in [1.165, 1.54) is 6.92 Å². The molecule has 5 amide bonds. The van der Waals surface area contributed by atoms with Crippen LogP contribution in [0.25, 0.3) is 0 Å². The molecule has 0 radical (unpaired) electrons. The Bertz CT molecular complexity index is 2010. The van der Waals surface area contributed by atoms with Gasteiger partial charge in [0.2, 0.25) is 17.8 Å². The minimum atomic E-state index is -1.14. The minimum Gasteiger partial charge on any atom is -0.508 e. The summed E-state index contributed by atoms with van der Waals surface area (Å²) in [5.41, 5.74) is 3.64. The van der Waals surface area contributed by atoms with Crippen LogP contribution in [0.4, 0.5) is 14.4 Å². The van der Waals surface area contributed by atoms with Crippen LogP contribution in [0.1, 0.15) is 61.1 Å². The Morgan fingerprint density at radius 2 is 1.15 bits per heavy atom. The lowest BCUT2D eigenvalue weighted by molar-refractivity contribution is -0.129. The van der Waals surface area contributed by atoms with E-state index >= 15 is 0 Å². The van der Waals surface area contributed by atoms with E-state index in [0.717, 1.165) is 22.3 Å². The molecule has 60 heavy (non-hydrogen) atoms. The molecule has 15 heteroatoms. The Labute approximate surface area is 350 Å². The number of benzene rings is 4. The van der Waals surface area contributed by atoms with Gasteiger partial charge in [-0.3, -0.25) is 20.2 Å². The molecular weight excluding hydrogens is 769 g/mol. The number of aliphatic imine (C=N–C) groups is 1. The number of rotatable bonds is 15. The Morgan fingerprint density at radius 3 is 1.63 bits per heavy atom. The molecule has 4 aromatic rings. The van der Waals surface area contributed by atoms with E-state index in [2.05, 4.69) is 31.6 Å². The van der Waals surface area contributed by atoms with Crippen molar-refractivity contribution in [1.29, 1.82) is 0 Å². The normalized spacial score (nSPS) is 12.4. The highest BCUT2D eigenvalue weighted by Crippen LogP contribution is 2.22. The van der Waals surface area contributed by atoms with Crippen molar-refractivity contribution in [2.45, 2.75) is 91.3 Å². The van der Waals surface area contributed by atoms with Crippen LogP contribution in [0.15, 0.2) is 108 Å². The maximum atomic E-state index is 13.7. The van der Waals surface area contributed by atoms with Gasteiger partial charge in [-0.2, -0.15) is 0 Å². The molecule has 0 fully saturated rings. The summed E-state index contributed by atoms with van der Waals surface area (Å²) in [6, 6.07) is 27.5. The third-order valence-corrected chi connectivity index (χ3v) is 8.85. The highest BCUT2D eigenvalue weighted by atomic mass is 16.6. The number of alkyl carbamates (subject to hydrolysis) is 3. The SMILES string of the molecule is Cc1cc(O)cc(C)c1CC(NC(=O)OC(C)(C)C)C(=O)NC(C)C(=O)NCC(Cc1ccccc1)N=C(NC(=O)OCc1ccccc1)NC(=O)OCc1ccccc1. The van der Waals surface area contributed by atoms with Crippen LogP contribution in [-0.2, 0) is 49.9 Å². The lowest BCUT2D eigenvalue weighted by atomic mass is 9.95. The first-order valence-corrected chi connectivity index (χ1v) is 19.5. The number of aryl methyl sites for hydroxylation is 2. The second-order valence-corrected chi connectivity index (χ2v) is 15.1. The van der Waals surface area contributed by atoms with Gasteiger partial charge in [-0.25, -0.2) is 19.4 Å². The number of amides is 5. The molecular formula is C45H54N6O9. The summed E-state index contributed by atoms with van der Waals surface area (Å²) in [6.45, 7) is 9.96. The fourth-order valence-corrected chi connectivity index (χ4v) is 5.95. The average molecular weight is 823 g/mol. The van der Waals surface area contributed by atoms with Crippen molar-refractivity contribution in [2.75, 3.05) is 6.54 Å². The summed E-state index contributed by atoms with van der Waals surface area (Å²) < 4.78 is 16.2. The number of hydrogen-bond donors (Lipinski definition) is 6. The Morgan fingerprint density at radius 1 is 0.667 bits per heavy atom. The van der Waals surface area contributed by atoms with Crippen LogP contribution in [0.3, 0.4) is 0 Å². The fourth-order valence-electron chi connectivity index (χ4n) is 5.95. The molecule has 0 aromatic heterocycles. The zero-order valence-electron chi connectivity index (χ0n) is 34.7. The van der Waals surface area contributed by atoms with Crippen LogP contribution in [0.5, 0.6) is 5.75 Å². The number of carbonyl (C=O) groups is 5. The molecule has 0 aliphatic heterocycles. The molecule has 15 nitrogen and oxygen atoms in total. The Kier molecular flexibility index (Phi) is 17.0. The molecule has 0 aliphatic carbocycles. The molecule has 3 unspecified atom stereocenters. The molecule has 4 aromatic carbocycles. The van der Waals surface area contributed by atoms with E-state index in [4.69, 9.17) is 14.2 Å². The zero-order valence-corrected chi connectivity index (χ0v) is 34.7. The lowest BCUT2D eigenvalue weighted by Gasteiger charge is -2.25. The minimum absolute atomic E-state index is 0.0478. The lowest BCUT2D eigenvalue weighted by Crippen LogP contribution is -2.54. The fraction of sp³-hybridized carbons (Fsp3) is 0.333.